The Morgan fingerprint density at radius 2 is 2.16 bits per heavy atom. The van der Waals surface area contributed by atoms with E-state index >= 15 is 0 Å². The molecule has 3 nitrogen and oxygen atoms in total. The second-order valence-electron chi connectivity index (χ2n) is 3.90. The smallest absolute Gasteiger partial charge is 0.219 e. The summed E-state index contributed by atoms with van der Waals surface area (Å²) in [5.74, 6) is 0.00601. The number of aromatic nitrogens is 1. The van der Waals surface area contributed by atoms with Crippen molar-refractivity contribution in [3.05, 3.63) is 51.3 Å². The molecule has 1 N–H and O–H groups in total. The molecule has 1 unspecified atom stereocenters. The average molecular weight is 347 g/mol. The summed E-state index contributed by atoms with van der Waals surface area (Å²) in [6.45, 7) is 1.64. The van der Waals surface area contributed by atoms with Gasteiger partial charge in [0, 0.05) is 18.3 Å². The zero-order chi connectivity index (χ0) is 14.0. The molecule has 0 amide bonds. The first-order valence-corrected chi connectivity index (χ1v) is 6.61. The first kappa shape index (κ1) is 14.2. The van der Waals surface area contributed by atoms with Crippen LogP contribution >= 0.6 is 27.5 Å². The second kappa shape index (κ2) is 5.86. The van der Waals surface area contributed by atoms with Crippen molar-refractivity contribution in [3.8, 4) is 11.6 Å². The zero-order valence-electron chi connectivity index (χ0n) is 9.90. The lowest BCUT2D eigenvalue weighted by Crippen LogP contribution is -1.94. The van der Waals surface area contributed by atoms with Crippen molar-refractivity contribution < 1.29 is 14.2 Å². The van der Waals surface area contributed by atoms with Crippen LogP contribution in [0.15, 0.2) is 34.9 Å². The monoisotopic (exact) mass is 345 g/mol. The molecule has 1 aromatic heterocycles. The highest BCUT2D eigenvalue weighted by molar-refractivity contribution is 9.10. The van der Waals surface area contributed by atoms with E-state index in [0.717, 1.165) is 0 Å². The third kappa shape index (κ3) is 3.43. The fourth-order valence-corrected chi connectivity index (χ4v) is 2.11. The molecule has 6 heteroatoms. The lowest BCUT2D eigenvalue weighted by atomic mass is 10.2. The van der Waals surface area contributed by atoms with Crippen molar-refractivity contribution in [1.29, 1.82) is 0 Å². The molecule has 2 aromatic rings. The molecular weight excluding hydrogens is 337 g/mol. The molecule has 1 heterocycles. The summed E-state index contributed by atoms with van der Waals surface area (Å²) in [7, 11) is 0. The van der Waals surface area contributed by atoms with Gasteiger partial charge in [-0.2, -0.15) is 0 Å². The van der Waals surface area contributed by atoms with Crippen molar-refractivity contribution in [2.75, 3.05) is 0 Å². The fourth-order valence-electron chi connectivity index (χ4n) is 1.39. The predicted octanol–water partition coefficient (Wildman–Crippen LogP) is 4.48. The van der Waals surface area contributed by atoms with E-state index in [0.29, 0.717) is 15.9 Å². The maximum absolute atomic E-state index is 13.3. The minimum Gasteiger partial charge on any atom is -0.438 e. The Balaban J connectivity index is 2.24. The van der Waals surface area contributed by atoms with Crippen molar-refractivity contribution >= 4 is 27.5 Å². The third-order valence-corrected chi connectivity index (χ3v) is 3.34. The van der Waals surface area contributed by atoms with E-state index in [4.69, 9.17) is 16.3 Å². The van der Waals surface area contributed by atoms with Crippen molar-refractivity contribution in [1.82, 2.24) is 4.98 Å². The summed E-state index contributed by atoms with van der Waals surface area (Å²) in [5, 5.41) is 9.37. The molecule has 2 rings (SSSR count). The van der Waals surface area contributed by atoms with E-state index in [2.05, 4.69) is 20.9 Å². The molecule has 19 heavy (non-hydrogen) atoms. The van der Waals surface area contributed by atoms with E-state index in [1.165, 1.54) is 18.3 Å². The van der Waals surface area contributed by atoms with Gasteiger partial charge in [-0.15, -0.1) is 0 Å². The molecule has 0 spiro atoms. The summed E-state index contributed by atoms with van der Waals surface area (Å²) in [6.07, 6.45) is 0.904. The largest absolute Gasteiger partial charge is 0.438 e. The molecule has 0 saturated carbocycles. The molecule has 0 saturated heterocycles. The van der Waals surface area contributed by atoms with Crippen LogP contribution in [0.3, 0.4) is 0 Å². The van der Waals surface area contributed by atoms with Gasteiger partial charge in [-0.3, -0.25) is 0 Å². The maximum atomic E-state index is 13.3. The van der Waals surface area contributed by atoms with Crippen LogP contribution in [0.2, 0.25) is 5.02 Å². The number of hydrogen-bond acceptors (Lipinski definition) is 3. The van der Waals surface area contributed by atoms with E-state index in [1.54, 1.807) is 19.1 Å². The number of halogens is 3. The van der Waals surface area contributed by atoms with Crippen molar-refractivity contribution in [2.45, 2.75) is 13.0 Å². The molecule has 0 aliphatic rings. The Labute approximate surface area is 123 Å². The Bertz CT molecular complexity index is 590. The number of pyridine rings is 1. The van der Waals surface area contributed by atoms with Crippen LogP contribution in [0.1, 0.15) is 18.6 Å². The maximum Gasteiger partial charge on any atom is 0.219 e. The molecule has 1 atom stereocenters. The van der Waals surface area contributed by atoms with Crippen LogP contribution in [0.5, 0.6) is 11.6 Å². The standard InChI is InChI=1S/C13H10BrClFNO2/c1-7(18)8-2-3-13(17-6-8)19-12-5-11(16)10(15)4-9(12)14/h2-7,18H,1H3. The van der Waals surface area contributed by atoms with Gasteiger partial charge < -0.3 is 9.84 Å². The minimum atomic E-state index is -0.596. The van der Waals surface area contributed by atoms with E-state index in [9.17, 15) is 9.50 Å². The Kier molecular flexibility index (Phi) is 4.39. The topological polar surface area (TPSA) is 42.4 Å². The van der Waals surface area contributed by atoms with E-state index in [-0.39, 0.29) is 10.8 Å². The van der Waals surface area contributed by atoms with Crippen LogP contribution in [0.4, 0.5) is 4.39 Å². The van der Waals surface area contributed by atoms with Crippen molar-refractivity contribution in [3.63, 3.8) is 0 Å². The summed E-state index contributed by atoms with van der Waals surface area (Å²) >= 11 is 8.87. The highest BCUT2D eigenvalue weighted by Gasteiger charge is 2.10. The van der Waals surface area contributed by atoms with Gasteiger partial charge in [-0.25, -0.2) is 9.37 Å². The Morgan fingerprint density at radius 3 is 2.74 bits per heavy atom. The number of rotatable bonds is 3. The first-order valence-electron chi connectivity index (χ1n) is 5.44. The summed E-state index contributed by atoms with van der Waals surface area (Å²) in [5.41, 5.74) is 0.675. The van der Waals surface area contributed by atoms with Gasteiger partial charge in [0.2, 0.25) is 5.88 Å². The number of ether oxygens (including phenoxy) is 1. The van der Waals surface area contributed by atoms with Crippen LogP contribution in [-0.2, 0) is 0 Å². The van der Waals surface area contributed by atoms with Gasteiger partial charge in [-0.05, 0) is 40.5 Å². The number of benzene rings is 1. The predicted molar refractivity (Wildman–Crippen MR) is 74.1 cm³/mol. The van der Waals surface area contributed by atoms with Gasteiger partial charge in [0.1, 0.15) is 11.6 Å². The lowest BCUT2D eigenvalue weighted by molar-refractivity contribution is 0.198. The number of hydrogen-bond donors (Lipinski definition) is 1. The number of nitrogens with zero attached hydrogens (tertiary/aromatic N) is 1. The van der Waals surface area contributed by atoms with Gasteiger partial charge in [-0.1, -0.05) is 11.6 Å². The first-order chi connectivity index (χ1) is 8.97. The van der Waals surface area contributed by atoms with Crippen LogP contribution < -0.4 is 4.74 Å². The van der Waals surface area contributed by atoms with Crippen molar-refractivity contribution in [2.24, 2.45) is 0 Å². The zero-order valence-corrected chi connectivity index (χ0v) is 12.2. The quantitative estimate of drug-likeness (QED) is 0.833. The molecule has 1 aromatic carbocycles. The Hall–Kier alpha value is -1.17. The SMILES string of the molecule is CC(O)c1ccc(Oc2cc(F)c(Cl)cc2Br)nc1. The molecule has 0 bridgehead atoms. The van der Waals surface area contributed by atoms with Crippen LogP contribution in [-0.4, -0.2) is 10.1 Å². The van der Waals surface area contributed by atoms with Gasteiger partial charge >= 0.3 is 0 Å². The fraction of sp³-hybridized carbons (Fsp3) is 0.154. The van der Waals surface area contributed by atoms with Gasteiger partial charge in [0.15, 0.2) is 0 Å². The normalized spacial score (nSPS) is 12.3. The third-order valence-electron chi connectivity index (χ3n) is 2.43. The highest BCUT2D eigenvalue weighted by Crippen LogP contribution is 2.33. The summed E-state index contributed by atoms with van der Waals surface area (Å²) in [4.78, 5) is 4.03. The number of aliphatic hydroxyl groups is 1. The molecule has 0 aliphatic carbocycles. The average Bonchev–Trinajstić information content (AvgIpc) is 2.36. The Morgan fingerprint density at radius 1 is 1.42 bits per heavy atom. The van der Waals surface area contributed by atoms with E-state index in [1.807, 2.05) is 0 Å². The molecule has 0 fully saturated rings. The summed E-state index contributed by atoms with van der Waals surface area (Å²) in [6, 6.07) is 5.88. The van der Waals surface area contributed by atoms with Crippen LogP contribution in [0.25, 0.3) is 0 Å². The minimum absolute atomic E-state index is 0.0108. The molecular formula is C13H10BrClFNO2. The van der Waals surface area contributed by atoms with Gasteiger partial charge in [0.25, 0.3) is 0 Å². The molecule has 0 aliphatic heterocycles. The second-order valence-corrected chi connectivity index (χ2v) is 5.17. The summed E-state index contributed by atoms with van der Waals surface area (Å²) < 4.78 is 19.3. The molecule has 100 valence electrons. The van der Waals surface area contributed by atoms with E-state index < -0.39 is 11.9 Å². The lowest BCUT2D eigenvalue weighted by Gasteiger charge is -2.09. The van der Waals surface area contributed by atoms with Gasteiger partial charge in [0.05, 0.1) is 15.6 Å². The highest BCUT2D eigenvalue weighted by atomic mass is 79.9. The number of aliphatic hydroxyl groups excluding tert-OH is 1. The van der Waals surface area contributed by atoms with Crippen LogP contribution in [0, 0.1) is 5.82 Å². The molecule has 0 radical (unpaired) electrons.